The van der Waals surface area contributed by atoms with Crippen molar-refractivity contribution >= 4 is 22.8 Å². The molecule has 1 atom stereocenters. The van der Waals surface area contributed by atoms with Gasteiger partial charge in [0.15, 0.2) is 5.65 Å². The number of ether oxygens (including phenoxy) is 2. The molecule has 32 heavy (non-hydrogen) atoms. The highest BCUT2D eigenvalue weighted by molar-refractivity contribution is 5.98. The van der Waals surface area contributed by atoms with E-state index in [9.17, 15) is 4.79 Å². The fourth-order valence-corrected chi connectivity index (χ4v) is 3.72. The number of hydrogen-bond donors (Lipinski definition) is 1. The second-order valence-electron chi connectivity index (χ2n) is 7.60. The Hall–Kier alpha value is -4.20. The maximum atomic E-state index is 11.9. The van der Waals surface area contributed by atoms with E-state index in [-0.39, 0.29) is 12.1 Å². The van der Waals surface area contributed by atoms with Gasteiger partial charge in [-0.2, -0.15) is 5.10 Å². The van der Waals surface area contributed by atoms with E-state index in [4.69, 9.17) is 20.3 Å². The molecule has 0 aliphatic carbocycles. The summed E-state index contributed by atoms with van der Waals surface area (Å²) >= 11 is 0. The van der Waals surface area contributed by atoms with E-state index in [1.54, 1.807) is 4.68 Å². The number of aromatic nitrogens is 4. The first-order chi connectivity index (χ1) is 15.6. The third kappa shape index (κ3) is 3.78. The van der Waals surface area contributed by atoms with Crippen LogP contribution in [0, 0.1) is 0 Å². The minimum atomic E-state index is -0.360. The smallest absolute Gasteiger partial charge is 0.333 e. The highest BCUT2D eigenvalue weighted by atomic mass is 16.5. The Morgan fingerprint density at radius 3 is 2.59 bits per heavy atom. The Balaban J connectivity index is 1.46. The topological polar surface area (TPSA) is 105 Å². The van der Waals surface area contributed by atoms with E-state index >= 15 is 0 Å². The average molecular weight is 427 g/mol. The van der Waals surface area contributed by atoms with Crippen molar-refractivity contribution in [2.75, 3.05) is 5.73 Å². The summed E-state index contributed by atoms with van der Waals surface area (Å²) in [5, 5.41) is 5.41. The number of rotatable bonds is 5. The van der Waals surface area contributed by atoms with Gasteiger partial charge in [-0.1, -0.05) is 24.8 Å². The van der Waals surface area contributed by atoms with Crippen LogP contribution in [0.3, 0.4) is 0 Å². The van der Waals surface area contributed by atoms with Crippen molar-refractivity contribution < 1.29 is 14.3 Å². The van der Waals surface area contributed by atoms with Gasteiger partial charge in [0.05, 0.1) is 11.9 Å². The third-order valence-electron chi connectivity index (χ3n) is 5.37. The molecule has 0 bridgehead atoms. The summed E-state index contributed by atoms with van der Waals surface area (Å²) in [7, 11) is 0. The molecule has 3 heterocycles. The Morgan fingerprint density at radius 2 is 1.84 bits per heavy atom. The molecule has 5 rings (SSSR count). The van der Waals surface area contributed by atoms with Crippen LogP contribution in [-0.4, -0.2) is 31.8 Å². The molecule has 0 amide bonds. The van der Waals surface area contributed by atoms with Gasteiger partial charge < -0.3 is 15.2 Å². The van der Waals surface area contributed by atoms with Gasteiger partial charge in [-0.15, -0.1) is 0 Å². The molecule has 2 aromatic heterocycles. The van der Waals surface area contributed by atoms with Crippen LogP contribution in [-0.2, 0) is 16.1 Å². The van der Waals surface area contributed by atoms with Gasteiger partial charge >= 0.3 is 5.97 Å². The Morgan fingerprint density at radius 1 is 1.09 bits per heavy atom. The van der Waals surface area contributed by atoms with Gasteiger partial charge in [0, 0.05) is 11.1 Å². The fraction of sp³-hybridized carbons (Fsp3) is 0.167. The van der Waals surface area contributed by atoms with Gasteiger partial charge in [-0.25, -0.2) is 19.4 Å². The standard InChI is InChI=1S/C24H21N5O3/c1-15-7-10-19(32-24(15)30)13-29-23-20(22(25)26-14-27-23)21(28-29)16-8-11-18(12-9-16)31-17-5-3-2-4-6-17/h2-6,8-9,11-12,14,19H,1,7,10,13H2,(H2,25,26,27)/t19-/m0/s1. The van der Waals surface area contributed by atoms with Crippen LogP contribution >= 0.6 is 0 Å². The van der Waals surface area contributed by atoms with Crippen LogP contribution in [0.4, 0.5) is 5.82 Å². The molecule has 1 aliphatic rings. The zero-order valence-corrected chi connectivity index (χ0v) is 17.3. The number of anilines is 1. The van der Waals surface area contributed by atoms with Gasteiger partial charge in [0.1, 0.15) is 35.4 Å². The van der Waals surface area contributed by atoms with Crippen LogP contribution in [0.1, 0.15) is 12.8 Å². The summed E-state index contributed by atoms with van der Waals surface area (Å²) in [6, 6.07) is 17.2. The number of carbonyl (C=O) groups is 1. The largest absolute Gasteiger partial charge is 0.457 e. The minimum absolute atomic E-state index is 0.304. The van der Waals surface area contributed by atoms with Gasteiger partial charge in [0.2, 0.25) is 0 Å². The van der Waals surface area contributed by atoms with Gasteiger partial charge in [0.25, 0.3) is 0 Å². The Kier molecular flexibility index (Phi) is 5.03. The van der Waals surface area contributed by atoms with Crippen molar-refractivity contribution in [1.29, 1.82) is 0 Å². The van der Waals surface area contributed by atoms with E-state index in [0.29, 0.717) is 53.3 Å². The van der Waals surface area contributed by atoms with E-state index < -0.39 is 0 Å². The van der Waals surface area contributed by atoms with E-state index in [2.05, 4.69) is 16.5 Å². The summed E-state index contributed by atoms with van der Waals surface area (Å²) in [5.41, 5.74) is 8.79. The minimum Gasteiger partial charge on any atom is -0.457 e. The quantitative estimate of drug-likeness (QED) is 0.377. The molecule has 1 aliphatic heterocycles. The molecule has 4 aromatic rings. The number of fused-ring (bicyclic) bond motifs is 1. The number of nitrogens with zero attached hydrogens (tertiary/aromatic N) is 4. The first-order valence-electron chi connectivity index (χ1n) is 10.3. The SMILES string of the molecule is C=C1CC[C@@H](Cn2nc(-c3ccc(Oc4ccccc4)cc3)c3c(N)ncnc32)OC1=O. The fourth-order valence-electron chi connectivity index (χ4n) is 3.72. The molecule has 2 N–H and O–H groups in total. The Labute approximate surface area is 184 Å². The van der Waals surface area contributed by atoms with Crippen molar-refractivity contribution in [3.05, 3.63) is 73.1 Å². The molecule has 8 heteroatoms. The number of cyclic esters (lactones) is 1. The molecule has 0 saturated carbocycles. The van der Waals surface area contributed by atoms with Crippen molar-refractivity contribution in [2.24, 2.45) is 0 Å². The van der Waals surface area contributed by atoms with Crippen LogP contribution < -0.4 is 10.5 Å². The molecule has 2 aromatic carbocycles. The second kappa shape index (κ2) is 8.14. The maximum Gasteiger partial charge on any atom is 0.333 e. The summed E-state index contributed by atoms with van der Waals surface area (Å²) < 4.78 is 13.1. The van der Waals surface area contributed by atoms with Crippen molar-refractivity contribution in [2.45, 2.75) is 25.5 Å². The molecule has 160 valence electrons. The van der Waals surface area contributed by atoms with Crippen molar-refractivity contribution in [3.63, 3.8) is 0 Å². The molecular weight excluding hydrogens is 406 g/mol. The summed E-state index contributed by atoms with van der Waals surface area (Å²) in [4.78, 5) is 20.4. The van der Waals surface area contributed by atoms with E-state index in [0.717, 1.165) is 11.3 Å². The molecule has 0 spiro atoms. The Bertz CT molecular complexity index is 1300. The van der Waals surface area contributed by atoms with Crippen molar-refractivity contribution in [3.8, 4) is 22.8 Å². The van der Waals surface area contributed by atoms with E-state index in [1.165, 1.54) is 6.33 Å². The summed E-state index contributed by atoms with van der Waals surface area (Å²) in [5.74, 6) is 1.45. The number of nitrogens with two attached hydrogens (primary N) is 1. The average Bonchev–Trinajstić information content (AvgIpc) is 3.17. The number of nitrogen functional groups attached to an aromatic ring is 1. The molecular formula is C24H21N5O3. The van der Waals surface area contributed by atoms with Crippen LogP contribution in [0.15, 0.2) is 73.1 Å². The lowest BCUT2D eigenvalue weighted by molar-refractivity contribution is -0.148. The van der Waals surface area contributed by atoms with Gasteiger partial charge in [-0.05, 0) is 49.2 Å². The van der Waals surface area contributed by atoms with E-state index in [1.807, 2.05) is 54.6 Å². The zero-order valence-electron chi connectivity index (χ0n) is 17.3. The van der Waals surface area contributed by atoms with Crippen molar-refractivity contribution in [1.82, 2.24) is 19.7 Å². The highest BCUT2D eigenvalue weighted by Crippen LogP contribution is 2.32. The molecule has 1 fully saturated rings. The lowest BCUT2D eigenvalue weighted by Crippen LogP contribution is -2.29. The van der Waals surface area contributed by atoms with Crippen LogP contribution in [0.5, 0.6) is 11.5 Å². The van der Waals surface area contributed by atoms with Crippen LogP contribution in [0.25, 0.3) is 22.3 Å². The second-order valence-corrected chi connectivity index (χ2v) is 7.60. The highest BCUT2D eigenvalue weighted by Gasteiger charge is 2.26. The molecule has 1 saturated heterocycles. The molecule has 8 nitrogen and oxygen atoms in total. The first kappa shape index (κ1) is 19.7. The first-order valence-corrected chi connectivity index (χ1v) is 10.3. The third-order valence-corrected chi connectivity index (χ3v) is 5.37. The predicted octanol–water partition coefficient (Wildman–Crippen LogP) is 4.13. The molecule has 0 radical (unpaired) electrons. The number of para-hydroxylation sites is 1. The number of esters is 1. The predicted molar refractivity (Wildman–Crippen MR) is 120 cm³/mol. The van der Waals surface area contributed by atoms with Gasteiger partial charge in [-0.3, -0.25) is 0 Å². The monoisotopic (exact) mass is 427 g/mol. The number of carbonyl (C=O) groups excluding carboxylic acids is 1. The lowest BCUT2D eigenvalue weighted by Gasteiger charge is -2.23. The van der Waals surface area contributed by atoms with Crippen LogP contribution in [0.2, 0.25) is 0 Å². The maximum absolute atomic E-state index is 11.9. The number of benzene rings is 2. The number of hydrogen-bond acceptors (Lipinski definition) is 7. The lowest BCUT2D eigenvalue weighted by atomic mass is 10.1. The normalized spacial score (nSPS) is 16.2. The molecule has 0 unspecified atom stereocenters. The summed E-state index contributed by atoms with van der Waals surface area (Å²) in [6.07, 6.45) is 2.40. The summed E-state index contributed by atoms with van der Waals surface area (Å²) in [6.45, 7) is 4.11. The zero-order chi connectivity index (χ0) is 22.1.